The summed E-state index contributed by atoms with van der Waals surface area (Å²) in [6.45, 7) is 20.4. The van der Waals surface area contributed by atoms with E-state index in [1.807, 2.05) is 0 Å². The van der Waals surface area contributed by atoms with Crippen molar-refractivity contribution in [3.05, 3.63) is 64.1 Å². The molecule has 2 rings (SSSR count). The van der Waals surface area contributed by atoms with E-state index < -0.39 is 0 Å². The third-order valence-corrected chi connectivity index (χ3v) is 6.01. The van der Waals surface area contributed by atoms with Crippen molar-refractivity contribution in [3.63, 3.8) is 0 Å². The molecule has 0 unspecified atom stereocenters. The molecular weight excluding hydrogens is 529 g/mol. The molecule has 0 aromatic heterocycles. The Morgan fingerprint density at radius 3 is 1.15 bits per heavy atom. The van der Waals surface area contributed by atoms with Crippen LogP contribution in [0.4, 0.5) is 11.4 Å². The summed E-state index contributed by atoms with van der Waals surface area (Å²) in [7, 11) is 6.61. The normalized spacial score (nSPS) is 10.9. The molecule has 0 aliphatic carbocycles. The number of hydrogen-bond donors (Lipinski definition) is 1. The van der Waals surface area contributed by atoms with Crippen LogP contribution in [-0.4, -0.2) is 54.9 Å². The number of methoxy groups -OCH3 is 4. The molecule has 7 nitrogen and oxygen atoms in total. The SMILES string of the molecule is CC(C)c1cccc(C(C)C)c1[N-]N=[NH+]c1c(C(C)C)cccc1C(C)C.COCCOC.COCCOC.[K+]. The molecule has 2 aromatic rings. The Bertz CT molecular complexity index is 866. The predicted molar refractivity (Wildman–Crippen MR) is 163 cm³/mol. The second kappa shape index (κ2) is 24.9. The molecule has 0 saturated heterocycles. The number of nitrogens with one attached hydrogen (secondary N) is 1. The summed E-state index contributed by atoms with van der Waals surface area (Å²) in [6.07, 6.45) is 0. The molecule has 0 aliphatic rings. The Balaban J connectivity index is 0. The summed E-state index contributed by atoms with van der Waals surface area (Å²) < 4.78 is 18.6. The first-order chi connectivity index (χ1) is 18.6. The maximum absolute atomic E-state index is 4.66. The van der Waals surface area contributed by atoms with Gasteiger partial charge in [0.15, 0.2) is 0 Å². The van der Waals surface area contributed by atoms with Crippen LogP contribution in [0.1, 0.15) is 101 Å². The molecule has 8 heteroatoms. The maximum Gasteiger partial charge on any atom is 1.00 e. The van der Waals surface area contributed by atoms with Crippen LogP contribution in [0.5, 0.6) is 0 Å². The molecule has 0 heterocycles. The van der Waals surface area contributed by atoms with Crippen LogP contribution in [0.15, 0.2) is 41.6 Å². The molecule has 2 aromatic carbocycles. The van der Waals surface area contributed by atoms with Crippen molar-refractivity contribution >= 4 is 11.4 Å². The molecule has 40 heavy (non-hydrogen) atoms. The second-order valence-electron chi connectivity index (χ2n) is 10.5. The molecule has 1 N–H and O–H groups in total. The monoisotopic (exact) mass is 584 g/mol. The first-order valence-electron chi connectivity index (χ1n) is 13.9. The minimum atomic E-state index is 0. The number of ether oxygens (including phenoxy) is 4. The quantitative estimate of drug-likeness (QED) is 0.163. The van der Waals surface area contributed by atoms with Gasteiger partial charge in [0.25, 0.3) is 0 Å². The Hall–Kier alpha value is -0.684. The van der Waals surface area contributed by atoms with Crippen LogP contribution in [0.2, 0.25) is 0 Å². The van der Waals surface area contributed by atoms with Crippen LogP contribution < -0.4 is 56.5 Å². The molecule has 0 spiro atoms. The second-order valence-corrected chi connectivity index (χ2v) is 10.5. The largest absolute Gasteiger partial charge is 1.00 e. The Labute approximate surface area is 287 Å². The molecule has 0 saturated carbocycles. The van der Waals surface area contributed by atoms with Gasteiger partial charge < -0.3 is 18.9 Å². The van der Waals surface area contributed by atoms with E-state index in [4.69, 9.17) is 0 Å². The van der Waals surface area contributed by atoms with Crippen molar-refractivity contribution in [2.75, 3.05) is 54.9 Å². The average molecular weight is 585 g/mol. The van der Waals surface area contributed by atoms with Gasteiger partial charge >= 0.3 is 51.4 Å². The summed E-state index contributed by atoms with van der Waals surface area (Å²) in [5, 5.41) is 7.74. The molecular formula is C32H55KN3O4+. The summed E-state index contributed by atoms with van der Waals surface area (Å²) in [5.74, 6) is 1.67. The van der Waals surface area contributed by atoms with Crippen LogP contribution in [0.3, 0.4) is 0 Å². The fraction of sp³-hybridized carbons (Fsp3) is 0.625. The number of para-hydroxylation sites is 1. The minimum Gasteiger partial charge on any atom is -0.382 e. The standard InChI is InChI=1S/C24H34N3.2C4H10O2.K/c1-15(2)19-11-9-12-20(16(3)4)23(19)25-27-26-24-21(17(5)6)13-10-14-22(24)18(7)8;2*1-5-3-4-6-2;/h9-18H,1-8H3;2*3-4H2,1-2H3;/q-1;;;+1/p+1. The smallest absolute Gasteiger partial charge is 0.382 e. The fourth-order valence-corrected chi connectivity index (χ4v) is 3.77. The summed E-state index contributed by atoms with van der Waals surface area (Å²) in [5.41, 5.74) is 11.8. The summed E-state index contributed by atoms with van der Waals surface area (Å²) >= 11 is 0. The number of rotatable bonds is 13. The molecule has 0 radical (unpaired) electrons. The van der Waals surface area contributed by atoms with E-state index in [1.54, 1.807) is 28.4 Å². The van der Waals surface area contributed by atoms with Crippen molar-refractivity contribution in [2.24, 2.45) is 5.22 Å². The van der Waals surface area contributed by atoms with Crippen molar-refractivity contribution in [1.82, 2.24) is 0 Å². The van der Waals surface area contributed by atoms with Crippen LogP contribution in [0.25, 0.3) is 5.43 Å². The number of hydrogen-bond acceptors (Lipinski definition) is 5. The van der Waals surface area contributed by atoms with E-state index >= 15 is 0 Å². The van der Waals surface area contributed by atoms with E-state index in [9.17, 15) is 0 Å². The molecule has 0 fully saturated rings. The van der Waals surface area contributed by atoms with E-state index in [0.29, 0.717) is 50.1 Å². The topological polar surface area (TPSA) is 77.4 Å². The van der Waals surface area contributed by atoms with Gasteiger partial charge in [-0.3, -0.25) is 5.11 Å². The Morgan fingerprint density at radius 1 is 0.575 bits per heavy atom. The summed E-state index contributed by atoms with van der Waals surface area (Å²) in [6, 6.07) is 12.9. The van der Waals surface area contributed by atoms with Crippen LogP contribution in [0, 0.1) is 0 Å². The van der Waals surface area contributed by atoms with Crippen molar-refractivity contribution in [2.45, 2.75) is 79.1 Å². The molecule has 0 atom stereocenters. The van der Waals surface area contributed by atoms with Crippen molar-refractivity contribution < 1.29 is 75.4 Å². The minimum absolute atomic E-state index is 0. The number of nitrogens with zero attached hydrogens (tertiary/aromatic N) is 2. The maximum atomic E-state index is 4.66. The van der Waals surface area contributed by atoms with E-state index in [-0.39, 0.29) is 51.4 Å². The van der Waals surface area contributed by atoms with Crippen LogP contribution in [-0.2, 0) is 18.9 Å². The predicted octanol–water partition coefficient (Wildman–Crippen LogP) is 4.53. The third-order valence-electron chi connectivity index (χ3n) is 6.01. The molecule has 0 bridgehead atoms. The first-order valence-corrected chi connectivity index (χ1v) is 13.9. The van der Waals surface area contributed by atoms with Gasteiger partial charge in [-0.05, 0) is 45.9 Å². The van der Waals surface area contributed by atoms with Gasteiger partial charge in [0.1, 0.15) is 0 Å². The van der Waals surface area contributed by atoms with E-state index in [0.717, 1.165) is 11.4 Å². The van der Waals surface area contributed by atoms with Gasteiger partial charge in [-0.25, -0.2) is 0 Å². The number of benzene rings is 2. The van der Waals surface area contributed by atoms with Crippen molar-refractivity contribution in [3.8, 4) is 0 Å². The van der Waals surface area contributed by atoms with Crippen LogP contribution >= 0.6 is 0 Å². The average Bonchev–Trinajstić information content (AvgIpc) is 2.90. The fourth-order valence-electron chi connectivity index (χ4n) is 3.77. The van der Waals surface area contributed by atoms with Gasteiger partial charge in [0.05, 0.1) is 37.8 Å². The van der Waals surface area contributed by atoms with Gasteiger partial charge in [-0.1, -0.05) is 97.0 Å². The van der Waals surface area contributed by atoms with Crippen molar-refractivity contribution in [1.29, 1.82) is 0 Å². The molecule has 0 amide bonds. The Kier molecular flexibility index (Phi) is 25.8. The first kappa shape index (κ1) is 41.5. The third kappa shape index (κ3) is 16.1. The zero-order chi connectivity index (χ0) is 29.8. The van der Waals surface area contributed by atoms with Gasteiger partial charge in [-0.15, -0.1) is 5.43 Å². The van der Waals surface area contributed by atoms with Gasteiger partial charge in [0.2, 0.25) is 0 Å². The molecule has 0 aliphatic heterocycles. The van der Waals surface area contributed by atoms with E-state index in [1.165, 1.54) is 22.3 Å². The summed E-state index contributed by atoms with van der Waals surface area (Å²) in [4.78, 5) is 0. The Morgan fingerprint density at radius 2 is 0.875 bits per heavy atom. The van der Waals surface area contributed by atoms with Gasteiger partial charge in [-0.2, -0.15) is 0 Å². The zero-order valence-corrected chi connectivity index (χ0v) is 30.8. The van der Waals surface area contributed by atoms with E-state index in [2.05, 4.69) is 126 Å². The van der Waals surface area contributed by atoms with Gasteiger partial charge in [0, 0.05) is 28.4 Å². The molecule has 222 valence electrons. The zero-order valence-electron chi connectivity index (χ0n) is 27.6.